The van der Waals surface area contributed by atoms with Crippen LogP contribution in [0.25, 0.3) is 0 Å². The van der Waals surface area contributed by atoms with Crippen LogP contribution in [0.1, 0.15) is 40.0 Å². The molecule has 0 aliphatic heterocycles. The number of hydrogen-bond acceptors (Lipinski definition) is 2. The monoisotopic (exact) mass is 146 g/mol. The third kappa shape index (κ3) is 7.92. The fraction of sp³-hybridized carbons (Fsp3) is 1.00. The maximum atomic E-state index is 9.09. The second kappa shape index (κ2) is 4.69. The summed E-state index contributed by atoms with van der Waals surface area (Å²) in [4.78, 5) is 0. The number of ether oxygens (including phenoxy) is 1. The van der Waals surface area contributed by atoms with Crippen LogP contribution in [0.2, 0.25) is 0 Å². The van der Waals surface area contributed by atoms with E-state index in [1.165, 1.54) is 12.8 Å². The molecule has 0 fully saturated rings. The Labute approximate surface area is 63.2 Å². The Morgan fingerprint density at radius 3 is 2.30 bits per heavy atom. The minimum Gasteiger partial charge on any atom is -0.366 e. The summed E-state index contributed by atoms with van der Waals surface area (Å²) in [5, 5.41) is 9.09. The molecule has 0 rings (SSSR count). The molecule has 0 aromatic rings. The maximum absolute atomic E-state index is 9.09. The number of aliphatic hydroxyl groups is 1. The van der Waals surface area contributed by atoms with Gasteiger partial charge in [0.15, 0.2) is 5.79 Å². The summed E-state index contributed by atoms with van der Waals surface area (Å²) in [5.41, 5.74) is 0. The topological polar surface area (TPSA) is 29.5 Å². The summed E-state index contributed by atoms with van der Waals surface area (Å²) >= 11 is 0. The van der Waals surface area contributed by atoms with E-state index in [0.717, 1.165) is 6.42 Å². The van der Waals surface area contributed by atoms with Crippen LogP contribution in [0.3, 0.4) is 0 Å². The van der Waals surface area contributed by atoms with E-state index < -0.39 is 5.79 Å². The van der Waals surface area contributed by atoms with Gasteiger partial charge in [0.1, 0.15) is 0 Å². The first-order chi connectivity index (χ1) is 4.56. The number of rotatable bonds is 5. The Balaban J connectivity index is 3.04. The zero-order valence-electron chi connectivity index (χ0n) is 7.18. The molecule has 0 spiro atoms. The zero-order valence-corrected chi connectivity index (χ0v) is 7.18. The Bertz CT molecular complexity index is 73.8. The van der Waals surface area contributed by atoms with Gasteiger partial charge in [-0.15, -0.1) is 0 Å². The highest BCUT2D eigenvalue weighted by molar-refractivity contribution is 4.47. The molecular formula is C8H18O2. The SMILES string of the molecule is CCCCCOC(C)(C)O. The average molecular weight is 146 g/mol. The lowest BCUT2D eigenvalue weighted by atomic mass is 10.3. The lowest BCUT2D eigenvalue weighted by molar-refractivity contribution is -0.176. The van der Waals surface area contributed by atoms with Crippen LogP contribution >= 0.6 is 0 Å². The Morgan fingerprint density at radius 1 is 1.30 bits per heavy atom. The van der Waals surface area contributed by atoms with E-state index >= 15 is 0 Å². The highest BCUT2D eigenvalue weighted by Gasteiger charge is 2.10. The second-order valence-corrected chi connectivity index (χ2v) is 3.00. The third-order valence-electron chi connectivity index (χ3n) is 1.20. The minimum absolute atomic E-state index is 0.664. The van der Waals surface area contributed by atoms with Crippen molar-refractivity contribution in [2.45, 2.75) is 45.8 Å². The Morgan fingerprint density at radius 2 is 1.90 bits per heavy atom. The molecule has 0 amide bonds. The van der Waals surface area contributed by atoms with Crippen LogP contribution in [-0.2, 0) is 4.74 Å². The molecule has 0 radical (unpaired) electrons. The van der Waals surface area contributed by atoms with Crippen LogP contribution < -0.4 is 0 Å². The van der Waals surface area contributed by atoms with Crippen molar-refractivity contribution in [3.8, 4) is 0 Å². The number of unbranched alkanes of at least 4 members (excludes halogenated alkanes) is 2. The predicted octanol–water partition coefficient (Wildman–Crippen LogP) is 1.92. The van der Waals surface area contributed by atoms with Crippen LogP contribution in [0, 0.1) is 0 Å². The molecule has 10 heavy (non-hydrogen) atoms. The van der Waals surface area contributed by atoms with Gasteiger partial charge in [0, 0.05) is 6.61 Å². The molecule has 0 saturated carbocycles. The molecule has 0 aromatic carbocycles. The van der Waals surface area contributed by atoms with Crippen molar-refractivity contribution in [3.63, 3.8) is 0 Å². The van der Waals surface area contributed by atoms with Gasteiger partial charge in [-0.2, -0.15) is 0 Å². The number of hydrogen-bond donors (Lipinski definition) is 1. The summed E-state index contributed by atoms with van der Waals surface area (Å²) in [6.45, 7) is 6.11. The van der Waals surface area contributed by atoms with Crippen LogP contribution in [-0.4, -0.2) is 17.5 Å². The summed E-state index contributed by atoms with van der Waals surface area (Å²) < 4.78 is 5.09. The van der Waals surface area contributed by atoms with E-state index in [1.54, 1.807) is 13.8 Å². The molecule has 0 atom stereocenters. The molecule has 0 unspecified atom stereocenters. The van der Waals surface area contributed by atoms with E-state index in [1.807, 2.05) is 0 Å². The fourth-order valence-electron chi connectivity index (χ4n) is 0.674. The average Bonchev–Trinajstić information content (AvgIpc) is 1.78. The first-order valence-electron chi connectivity index (χ1n) is 3.92. The van der Waals surface area contributed by atoms with Gasteiger partial charge in [-0.3, -0.25) is 0 Å². The minimum atomic E-state index is -0.951. The highest BCUT2D eigenvalue weighted by atomic mass is 16.6. The lowest BCUT2D eigenvalue weighted by Gasteiger charge is -2.17. The van der Waals surface area contributed by atoms with Crippen molar-refractivity contribution in [2.24, 2.45) is 0 Å². The normalized spacial score (nSPS) is 12.0. The summed E-state index contributed by atoms with van der Waals surface area (Å²) in [5.74, 6) is -0.951. The van der Waals surface area contributed by atoms with Crippen molar-refractivity contribution in [3.05, 3.63) is 0 Å². The van der Waals surface area contributed by atoms with Gasteiger partial charge in [0.25, 0.3) is 0 Å². The first-order valence-corrected chi connectivity index (χ1v) is 3.92. The van der Waals surface area contributed by atoms with E-state index in [2.05, 4.69) is 6.92 Å². The fourth-order valence-corrected chi connectivity index (χ4v) is 0.674. The van der Waals surface area contributed by atoms with Gasteiger partial charge >= 0.3 is 0 Å². The summed E-state index contributed by atoms with van der Waals surface area (Å²) in [6.07, 6.45) is 3.41. The first kappa shape index (κ1) is 9.92. The predicted molar refractivity (Wildman–Crippen MR) is 41.8 cm³/mol. The quantitative estimate of drug-likeness (QED) is 0.474. The molecule has 0 aromatic heterocycles. The largest absolute Gasteiger partial charge is 0.366 e. The van der Waals surface area contributed by atoms with Crippen LogP contribution in [0.15, 0.2) is 0 Å². The van der Waals surface area contributed by atoms with Crippen LogP contribution in [0.5, 0.6) is 0 Å². The Hall–Kier alpha value is -0.0800. The second-order valence-electron chi connectivity index (χ2n) is 3.00. The summed E-state index contributed by atoms with van der Waals surface area (Å²) in [7, 11) is 0. The van der Waals surface area contributed by atoms with Crippen LogP contribution in [0.4, 0.5) is 0 Å². The van der Waals surface area contributed by atoms with Gasteiger partial charge in [-0.05, 0) is 20.3 Å². The standard InChI is InChI=1S/C8H18O2/c1-4-5-6-7-10-8(2,3)9/h9H,4-7H2,1-3H3. The van der Waals surface area contributed by atoms with Gasteiger partial charge < -0.3 is 9.84 Å². The van der Waals surface area contributed by atoms with Gasteiger partial charge in [-0.25, -0.2) is 0 Å². The molecule has 0 heterocycles. The van der Waals surface area contributed by atoms with E-state index in [-0.39, 0.29) is 0 Å². The van der Waals surface area contributed by atoms with Crippen molar-refractivity contribution in [1.82, 2.24) is 0 Å². The maximum Gasteiger partial charge on any atom is 0.159 e. The molecule has 0 bridgehead atoms. The van der Waals surface area contributed by atoms with Gasteiger partial charge in [0.2, 0.25) is 0 Å². The Kier molecular flexibility index (Phi) is 4.65. The smallest absolute Gasteiger partial charge is 0.159 e. The van der Waals surface area contributed by atoms with E-state index in [9.17, 15) is 0 Å². The highest BCUT2D eigenvalue weighted by Crippen LogP contribution is 2.04. The van der Waals surface area contributed by atoms with Crippen molar-refractivity contribution in [2.75, 3.05) is 6.61 Å². The molecule has 62 valence electrons. The third-order valence-corrected chi connectivity index (χ3v) is 1.20. The molecule has 0 aliphatic carbocycles. The van der Waals surface area contributed by atoms with E-state index in [4.69, 9.17) is 9.84 Å². The molecular weight excluding hydrogens is 128 g/mol. The molecule has 2 heteroatoms. The molecule has 0 aliphatic rings. The van der Waals surface area contributed by atoms with Crippen molar-refractivity contribution < 1.29 is 9.84 Å². The van der Waals surface area contributed by atoms with E-state index in [0.29, 0.717) is 6.61 Å². The molecule has 1 N–H and O–H groups in total. The van der Waals surface area contributed by atoms with Gasteiger partial charge in [0.05, 0.1) is 0 Å². The molecule has 2 nitrogen and oxygen atoms in total. The zero-order chi connectivity index (χ0) is 8.04. The lowest BCUT2D eigenvalue weighted by Crippen LogP contribution is -2.23. The van der Waals surface area contributed by atoms with Crippen molar-refractivity contribution in [1.29, 1.82) is 0 Å². The molecule has 0 saturated heterocycles. The van der Waals surface area contributed by atoms with Gasteiger partial charge in [-0.1, -0.05) is 19.8 Å². The van der Waals surface area contributed by atoms with Crippen molar-refractivity contribution >= 4 is 0 Å². The summed E-state index contributed by atoms with van der Waals surface area (Å²) in [6, 6.07) is 0.